The van der Waals surface area contributed by atoms with Gasteiger partial charge in [0, 0.05) is 25.3 Å². The highest BCUT2D eigenvalue weighted by molar-refractivity contribution is 5.42. The van der Waals surface area contributed by atoms with Gasteiger partial charge in [0.05, 0.1) is 0 Å². The van der Waals surface area contributed by atoms with Gasteiger partial charge in [-0.1, -0.05) is 0 Å². The minimum absolute atomic E-state index is 0.398. The largest absolute Gasteiger partial charge is 0.357 e. The lowest BCUT2D eigenvalue weighted by Gasteiger charge is -2.18. The molecule has 1 unspecified atom stereocenters. The van der Waals surface area contributed by atoms with Gasteiger partial charge < -0.3 is 10.2 Å². The molecule has 0 aromatic carbocycles. The Bertz CT molecular complexity index is 318. The van der Waals surface area contributed by atoms with Crippen molar-refractivity contribution in [3.63, 3.8) is 0 Å². The smallest absolute Gasteiger partial charge is 0.128 e. The molecule has 82 valence electrons. The van der Waals surface area contributed by atoms with E-state index in [1.54, 1.807) is 0 Å². The molecule has 1 aliphatic heterocycles. The average Bonchev–Trinajstić information content (AvgIpc) is 2.82. The predicted molar refractivity (Wildman–Crippen MR) is 63.2 cm³/mol. The molecule has 3 heteroatoms. The summed E-state index contributed by atoms with van der Waals surface area (Å²) in [5.41, 5.74) is 1.31. The van der Waals surface area contributed by atoms with Crippen LogP contribution in [0.3, 0.4) is 0 Å². The van der Waals surface area contributed by atoms with Gasteiger partial charge in [-0.2, -0.15) is 0 Å². The van der Waals surface area contributed by atoms with Crippen molar-refractivity contribution >= 4 is 5.82 Å². The van der Waals surface area contributed by atoms with Gasteiger partial charge in [0.25, 0.3) is 0 Å². The lowest BCUT2D eigenvalue weighted by molar-refractivity contribution is 0.651. The highest BCUT2D eigenvalue weighted by atomic mass is 15.2. The van der Waals surface area contributed by atoms with Crippen molar-refractivity contribution in [2.75, 3.05) is 25.0 Å². The SMILES string of the molecule is CNC(C)c1ccnc(N2CCCC2)c1. The molecule has 2 rings (SSSR count). The van der Waals surface area contributed by atoms with Crippen molar-refractivity contribution in [2.45, 2.75) is 25.8 Å². The molecule has 0 amide bonds. The number of pyridine rings is 1. The fourth-order valence-electron chi connectivity index (χ4n) is 1.99. The summed E-state index contributed by atoms with van der Waals surface area (Å²) in [6.07, 6.45) is 4.51. The van der Waals surface area contributed by atoms with Gasteiger partial charge >= 0.3 is 0 Å². The highest BCUT2D eigenvalue weighted by Gasteiger charge is 2.14. The summed E-state index contributed by atoms with van der Waals surface area (Å²) in [4.78, 5) is 6.80. The van der Waals surface area contributed by atoms with Gasteiger partial charge in [-0.15, -0.1) is 0 Å². The van der Waals surface area contributed by atoms with E-state index in [9.17, 15) is 0 Å². The minimum Gasteiger partial charge on any atom is -0.357 e. The van der Waals surface area contributed by atoms with Crippen LogP contribution in [0.2, 0.25) is 0 Å². The summed E-state index contributed by atoms with van der Waals surface area (Å²) in [5, 5.41) is 3.25. The second-order valence-corrected chi connectivity index (χ2v) is 4.15. The molecular formula is C12H19N3. The Hall–Kier alpha value is -1.09. The quantitative estimate of drug-likeness (QED) is 0.817. The van der Waals surface area contributed by atoms with E-state index in [0.717, 1.165) is 18.9 Å². The Labute approximate surface area is 91.5 Å². The van der Waals surface area contributed by atoms with Gasteiger partial charge in [-0.25, -0.2) is 4.98 Å². The van der Waals surface area contributed by atoms with E-state index in [4.69, 9.17) is 0 Å². The van der Waals surface area contributed by atoms with Crippen LogP contribution in [0.15, 0.2) is 18.3 Å². The lowest BCUT2D eigenvalue weighted by Crippen LogP contribution is -2.20. The third-order valence-electron chi connectivity index (χ3n) is 3.13. The van der Waals surface area contributed by atoms with Crippen LogP contribution in [0.25, 0.3) is 0 Å². The zero-order valence-electron chi connectivity index (χ0n) is 9.53. The van der Waals surface area contributed by atoms with Crippen LogP contribution < -0.4 is 10.2 Å². The monoisotopic (exact) mass is 205 g/mol. The summed E-state index contributed by atoms with van der Waals surface area (Å²) in [5.74, 6) is 1.13. The zero-order chi connectivity index (χ0) is 10.7. The fourth-order valence-corrected chi connectivity index (χ4v) is 1.99. The molecular weight excluding hydrogens is 186 g/mol. The van der Waals surface area contributed by atoms with Crippen molar-refractivity contribution < 1.29 is 0 Å². The van der Waals surface area contributed by atoms with Gasteiger partial charge in [0.1, 0.15) is 5.82 Å². The van der Waals surface area contributed by atoms with E-state index >= 15 is 0 Å². The van der Waals surface area contributed by atoms with E-state index < -0.39 is 0 Å². The maximum atomic E-state index is 4.44. The van der Waals surface area contributed by atoms with Gasteiger partial charge in [0.2, 0.25) is 0 Å². The number of hydrogen-bond donors (Lipinski definition) is 1. The Morgan fingerprint density at radius 1 is 1.40 bits per heavy atom. The molecule has 0 saturated carbocycles. The Balaban J connectivity index is 2.18. The first-order chi connectivity index (χ1) is 7.31. The molecule has 0 radical (unpaired) electrons. The van der Waals surface area contributed by atoms with Gasteiger partial charge in [-0.05, 0) is 44.5 Å². The highest BCUT2D eigenvalue weighted by Crippen LogP contribution is 2.21. The van der Waals surface area contributed by atoms with E-state index in [1.807, 2.05) is 13.2 Å². The molecule has 0 aliphatic carbocycles. The van der Waals surface area contributed by atoms with E-state index in [0.29, 0.717) is 6.04 Å². The van der Waals surface area contributed by atoms with Crippen molar-refractivity contribution in [1.82, 2.24) is 10.3 Å². The Kier molecular flexibility index (Phi) is 3.21. The summed E-state index contributed by atoms with van der Waals surface area (Å²) < 4.78 is 0. The molecule has 1 N–H and O–H groups in total. The first-order valence-corrected chi connectivity index (χ1v) is 5.69. The molecule has 1 aromatic rings. The maximum absolute atomic E-state index is 4.44. The van der Waals surface area contributed by atoms with Crippen LogP contribution in [-0.2, 0) is 0 Å². The summed E-state index contributed by atoms with van der Waals surface area (Å²) in [7, 11) is 1.99. The predicted octanol–water partition coefficient (Wildman–Crippen LogP) is 1.96. The Morgan fingerprint density at radius 2 is 2.13 bits per heavy atom. The molecule has 3 nitrogen and oxygen atoms in total. The summed E-state index contributed by atoms with van der Waals surface area (Å²) >= 11 is 0. The van der Waals surface area contributed by atoms with Crippen molar-refractivity contribution in [1.29, 1.82) is 0 Å². The number of anilines is 1. The second kappa shape index (κ2) is 4.62. The normalized spacial score (nSPS) is 18.1. The van der Waals surface area contributed by atoms with E-state index in [-0.39, 0.29) is 0 Å². The maximum Gasteiger partial charge on any atom is 0.128 e. The van der Waals surface area contributed by atoms with E-state index in [2.05, 4.69) is 34.3 Å². The second-order valence-electron chi connectivity index (χ2n) is 4.15. The number of nitrogens with zero attached hydrogens (tertiary/aromatic N) is 2. The van der Waals surface area contributed by atoms with Gasteiger partial charge in [-0.3, -0.25) is 0 Å². The third kappa shape index (κ3) is 2.29. The fraction of sp³-hybridized carbons (Fsp3) is 0.583. The number of rotatable bonds is 3. The molecule has 1 fully saturated rings. The Morgan fingerprint density at radius 3 is 2.80 bits per heavy atom. The molecule has 1 atom stereocenters. The molecule has 1 aliphatic rings. The number of aromatic nitrogens is 1. The van der Waals surface area contributed by atoms with Crippen molar-refractivity contribution in [2.24, 2.45) is 0 Å². The topological polar surface area (TPSA) is 28.2 Å². The van der Waals surface area contributed by atoms with Crippen molar-refractivity contribution in [3.8, 4) is 0 Å². The average molecular weight is 205 g/mol. The zero-order valence-corrected chi connectivity index (χ0v) is 9.53. The minimum atomic E-state index is 0.398. The van der Waals surface area contributed by atoms with Crippen LogP contribution in [0.4, 0.5) is 5.82 Å². The van der Waals surface area contributed by atoms with Crippen LogP contribution >= 0.6 is 0 Å². The number of nitrogens with one attached hydrogen (secondary N) is 1. The van der Waals surface area contributed by atoms with Crippen LogP contribution in [0.5, 0.6) is 0 Å². The molecule has 1 aromatic heterocycles. The first-order valence-electron chi connectivity index (χ1n) is 5.69. The van der Waals surface area contributed by atoms with E-state index in [1.165, 1.54) is 18.4 Å². The first kappa shape index (κ1) is 10.4. The molecule has 15 heavy (non-hydrogen) atoms. The molecule has 2 heterocycles. The van der Waals surface area contributed by atoms with Gasteiger partial charge in [0.15, 0.2) is 0 Å². The van der Waals surface area contributed by atoms with Crippen LogP contribution in [0.1, 0.15) is 31.4 Å². The lowest BCUT2D eigenvalue weighted by atomic mass is 10.1. The van der Waals surface area contributed by atoms with Crippen molar-refractivity contribution in [3.05, 3.63) is 23.9 Å². The molecule has 0 bridgehead atoms. The summed E-state index contributed by atoms with van der Waals surface area (Å²) in [6.45, 7) is 4.48. The number of hydrogen-bond acceptors (Lipinski definition) is 3. The third-order valence-corrected chi connectivity index (χ3v) is 3.13. The summed E-state index contributed by atoms with van der Waals surface area (Å²) in [6, 6.07) is 4.68. The van der Waals surface area contributed by atoms with Crippen LogP contribution in [-0.4, -0.2) is 25.1 Å². The molecule has 1 saturated heterocycles. The van der Waals surface area contributed by atoms with Crippen LogP contribution in [0, 0.1) is 0 Å². The standard InChI is InChI=1S/C12H19N3/c1-10(13-2)11-5-6-14-12(9-11)15-7-3-4-8-15/h5-6,9-10,13H,3-4,7-8H2,1-2H3. The molecule has 0 spiro atoms.